The van der Waals surface area contributed by atoms with E-state index in [1.165, 1.54) is 67.2 Å². The predicted molar refractivity (Wildman–Crippen MR) is 104 cm³/mol. The highest BCUT2D eigenvalue weighted by molar-refractivity contribution is 5.52. The average molecular weight is 304 g/mol. The normalized spacial score (nSPS) is 10.4. The Labute approximate surface area is 141 Å². The smallest absolute Gasteiger partial charge is 0.0230 e. The molecule has 0 saturated heterocycles. The predicted octanol–water partition coefficient (Wildman–Crippen LogP) is 6.71. The van der Waals surface area contributed by atoms with Crippen LogP contribution in [-0.4, -0.2) is 0 Å². The van der Waals surface area contributed by atoms with E-state index in [0.29, 0.717) is 0 Å². The fourth-order valence-corrected chi connectivity index (χ4v) is 3.08. The van der Waals surface area contributed by atoms with Crippen LogP contribution in [0.25, 0.3) is 12.2 Å². The van der Waals surface area contributed by atoms with Crippen LogP contribution in [0.3, 0.4) is 0 Å². The zero-order chi connectivity index (χ0) is 16.3. The molecule has 0 heterocycles. The first-order chi connectivity index (χ1) is 11.3. The molecule has 0 aliphatic heterocycles. The van der Waals surface area contributed by atoms with E-state index in [2.05, 4.69) is 61.7 Å². The van der Waals surface area contributed by atoms with E-state index >= 15 is 0 Å². The molecule has 0 nitrogen and oxygen atoms in total. The highest BCUT2D eigenvalue weighted by Gasteiger charge is 2.00. The van der Waals surface area contributed by atoms with Gasteiger partial charge in [-0.25, -0.2) is 0 Å². The van der Waals surface area contributed by atoms with Crippen molar-refractivity contribution >= 4 is 12.2 Å². The standard InChI is InChI=1S/C23H28/c1-3-20-14-10-12-18-22(20)16-8-6-5-7-9-17-23-19-13-11-15-21(23)4-2/h3-4,10-15,18-19H,1-2,5-9,16-17H2. The summed E-state index contributed by atoms with van der Waals surface area (Å²) >= 11 is 0. The SMILES string of the molecule is C=Cc1ccccc1CCCCCCCc1ccccc1C=C. The van der Waals surface area contributed by atoms with E-state index in [9.17, 15) is 0 Å². The van der Waals surface area contributed by atoms with Crippen LogP contribution in [-0.2, 0) is 12.8 Å². The minimum absolute atomic E-state index is 1.17. The van der Waals surface area contributed by atoms with Crippen molar-refractivity contribution < 1.29 is 0 Å². The summed E-state index contributed by atoms with van der Waals surface area (Å²) in [7, 11) is 0. The zero-order valence-corrected chi connectivity index (χ0v) is 14.1. The molecule has 0 radical (unpaired) electrons. The maximum Gasteiger partial charge on any atom is -0.0230 e. The van der Waals surface area contributed by atoms with Crippen LogP contribution in [0.4, 0.5) is 0 Å². The number of aryl methyl sites for hydroxylation is 2. The summed E-state index contributed by atoms with van der Waals surface area (Å²) in [6, 6.07) is 17.2. The molecule has 0 N–H and O–H groups in total. The molecule has 0 unspecified atom stereocenters. The maximum absolute atomic E-state index is 3.90. The van der Waals surface area contributed by atoms with Gasteiger partial charge in [0.15, 0.2) is 0 Å². The van der Waals surface area contributed by atoms with E-state index in [0.717, 1.165) is 0 Å². The van der Waals surface area contributed by atoms with Gasteiger partial charge in [-0.1, -0.05) is 93.1 Å². The Bertz CT molecular complexity index is 566. The zero-order valence-electron chi connectivity index (χ0n) is 14.1. The van der Waals surface area contributed by atoms with Crippen LogP contribution in [0.15, 0.2) is 61.7 Å². The summed E-state index contributed by atoms with van der Waals surface area (Å²) < 4.78 is 0. The average Bonchev–Trinajstić information content (AvgIpc) is 2.61. The molecule has 2 aromatic rings. The van der Waals surface area contributed by atoms with Gasteiger partial charge in [-0.3, -0.25) is 0 Å². The van der Waals surface area contributed by atoms with Gasteiger partial charge in [-0.15, -0.1) is 0 Å². The second kappa shape index (κ2) is 9.84. The highest BCUT2D eigenvalue weighted by atomic mass is 14.1. The van der Waals surface area contributed by atoms with Crippen molar-refractivity contribution in [2.75, 3.05) is 0 Å². The fourth-order valence-electron chi connectivity index (χ4n) is 3.08. The van der Waals surface area contributed by atoms with Crippen molar-refractivity contribution in [1.29, 1.82) is 0 Å². The van der Waals surface area contributed by atoms with E-state index in [-0.39, 0.29) is 0 Å². The molecule has 0 bridgehead atoms. The summed E-state index contributed by atoms with van der Waals surface area (Å²) in [5.74, 6) is 0. The van der Waals surface area contributed by atoms with Crippen molar-refractivity contribution in [2.24, 2.45) is 0 Å². The molecule has 0 atom stereocenters. The second-order valence-corrected chi connectivity index (χ2v) is 6.07. The molecular formula is C23H28. The lowest BCUT2D eigenvalue weighted by atomic mass is 9.99. The van der Waals surface area contributed by atoms with E-state index in [1.54, 1.807) is 0 Å². The lowest BCUT2D eigenvalue weighted by molar-refractivity contribution is 0.613. The minimum Gasteiger partial charge on any atom is -0.0985 e. The Kier molecular flexibility index (Phi) is 7.39. The third-order valence-electron chi connectivity index (χ3n) is 4.44. The summed E-state index contributed by atoms with van der Waals surface area (Å²) in [5, 5.41) is 0. The summed E-state index contributed by atoms with van der Waals surface area (Å²) in [4.78, 5) is 0. The Morgan fingerprint density at radius 2 is 0.957 bits per heavy atom. The van der Waals surface area contributed by atoms with Crippen LogP contribution >= 0.6 is 0 Å². The molecule has 0 saturated carbocycles. The first kappa shape index (κ1) is 17.3. The molecule has 0 fully saturated rings. The van der Waals surface area contributed by atoms with Gasteiger partial charge in [0.1, 0.15) is 0 Å². The Morgan fingerprint density at radius 1 is 0.565 bits per heavy atom. The number of benzene rings is 2. The molecule has 0 spiro atoms. The molecule has 0 amide bonds. The Balaban J connectivity index is 1.63. The van der Waals surface area contributed by atoms with E-state index in [1.807, 2.05) is 12.2 Å². The number of hydrogen-bond acceptors (Lipinski definition) is 0. The molecule has 0 heteroatoms. The molecule has 2 rings (SSSR count). The topological polar surface area (TPSA) is 0 Å². The second-order valence-electron chi connectivity index (χ2n) is 6.07. The number of rotatable bonds is 10. The van der Waals surface area contributed by atoms with E-state index < -0.39 is 0 Å². The lowest BCUT2D eigenvalue weighted by Crippen LogP contribution is -1.91. The first-order valence-corrected chi connectivity index (χ1v) is 8.76. The van der Waals surface area contributed by atoms with Crippen LogP contribution in [0.5, 0.6) is 0 Å². The molecular weight excluding hydrogens is 276 g/mol. The summed E-state index contributed by atoms with van der Waals surface area (Å²) in [6.45, 7) is 7.79. The van der Waals surface area contributed by atoms with Gasteiger partial charge in [-0.05, 0) is 47.9 Å². The Morgan fingerprint density at radius 3 is 1.39 bits per heavy atom. The third-order valence-corrected chi connectivity index (χ3v) is 4.44. The molecule has 2 aromatic carbocycles. The fraction of sp³-hybridized carbons (Fsp3) is 0.304. The maximum atomic E-state index is 3.90. The van der Waals surface area contributed by atoms with Crippen LogP contribution < -0.4 is 0 Å². The molecule has 23 heavy (non-hydrogen) atoms. The van der Waals surface area contributed by atoms with Crippen molar-refractivity contribution in [3.8, 4) is 0 Å². The molecule has 0 aromatic heterocycles. The van der Waals surface area contributed by atoms with Gasteiger partial charge in [0.2, 0.25) is 0 Å². The van der Waals surface area contributed by atoms with Crippen molar-refractivity contribution in [3.63, 3.8) is 0 Å². The van der Waals surface area contributed by atoms with Gasteiger partial charge < -0.3 is 0 Å². The first-order valence-electron chi connectivity index (χ1n) is 8.76. The van der Waals surface area contributed by atoms with Gasteiger partial charge >= 0.3 is 0 Å². The molecule has 0 aliphatic rings. The van der Waals surface area contributed by atoms with Crippen LogP contribution in [0, 0.1) is 0 Å². The van der Waals surface area contributed by atoms with Crippen molar-refractivity contribution in [1.82, 2.24) is 0 Å². The highest BCUT2D eigenvalue weighted by Crippen LogP contribution is 2.16. The summed E-state index contributed by atoms with van der Waals surface area (Å²) in [6.07, 6.45) is 12.8. The molecule has 120 valence electrons. The van der Waals surface area contributed by atoms with Gasteiger partial charge in [0.25, 0.3) is 0 Å². The van der Waals surface area contributed by atoms with Gasteiger partial charge in [-0.2, -0.15) is 0 Å². The third kappa shape index (κ3) is 5.56. The lowest BCUT2D eigenvalue weighted by Gasteiger charge is -2.07. The van der Waals surface area contributed by atoms with Crippen LogP contribution in [0.2, 0.25) is 0 Å². The van der Waals surface area contributed by atoms with E-state index in [4.69, 9.17) is 0 Å². The summed E-state index contributed by atoms with van der Waals surface area (Å²) in [5.41, 5.74) is 5.44. The quantitative estimate of drug-likeness (QED) is 0.428. The van der Waals surface area contributed by atoms with Gasteiger partial charge in [0.05, 0.1) is 0 Å². The minimum atomic E-state index is 1.17. The van der Waals surface area contributed by atoms with Crippen molar-refractivity contribution in [2.45, 2.75) is 44.9 Å². The monoisotopic (exact) mass is 304 g/mol. The largest absolute Gasteiger partial charge is 0.0985 e. The number of hydrogen-bond donors (Lipinski definition) is 0. The van der Waals surface area contributed by atoms with Gasteiger partial charge in [0, 0.05) is 0 Å². The molecule has 0 aliphatic carbocycles. The number of unbranched alkanes of at least 4 members (excludes halogenated alkanes) is 4. The van der Waals surface area contributed by atoms with Crippen molar-refractivity contribution in [3.05, 3.63) is 83.9 Å². The van der Waals surface area contributed by atoms with Crippen LogP contribution in [0.1, 0.15) is 54.4 Å². The Hall–Kier alpha value is -2.08.